The number of benzene rings is 2. The Kier molecular flexibility index (Phi) is 6.82. The lowest BCUT2D eigenvalue weighted by Crippen LogP contribution is -2.30. The second kappa shape index (κ2) is 9.08. The lowest BCUT2D eigenvalue weighted by atomic mass is 10.2. The van der Waals surface area contributed by atoms with Crippen molar-refractivity contribution in [3.8, 4) is 0 Å². The van der Waals surface area contributed by atoms with E-state index in [4.69, 9.17) is 0 Å². The van der Waals surface area contributed by atoms with Gasteiger partial charge < -0.3 is 10.6 Å². The van der Waals surface area contributed by atoms with Gasteiger partial charge >= 0.3 is 0 Å². The van der Waals surface area contributed by atoms with Crippen molar-refractivity contribution in [1.29, 1.82) is 0 Å². The van der Waals surface area contributed by atoms with Crippen LogP contribution in [0, 0.1) is 24.0 Å². The van der Waals surface area contributed by atoms with Crippen molar-refractivity contribution in [2.75, 3.05) is 24.2 Å². The molecule has 0 saturated heterocycles. The Labute approximate surface area is 151 Å². The number of nitro groups is 1. The summed E-state index contributed by atoms with van der Waals surface area (Å²) in [5.74, 6) is 0.358. The van der Waals surface area contributed by atoms with Gasteiger partial charge in [0.1, 0.15) is 0 Å². The van der Waals surface area contributed by atoms with Crippen molar-refractivity contribution in [3.63, 3.8) is 0 Å². The van der Waals surface area contributed by atoms with Gasteiger partial charge in [-0.25, -0.2) is 0 Å². The third kappa shape index (κ3) is 6.11. The normalized spacial score (nSPS) is 10.3. The van der Waals surface area contributed by atoms with E-state index in [1.54, 1.807) is 12.1 Å². The maximum Gasteiger partial charge on any atom is 0.269 e. The minimum absolute atomic E-state index is 0.0181. The minimum atomic E-state index is -0.433. The SMILES string of the molecule is Cc1ccc(SCC(=O)NCCNc2ccc([N+](=O)[O-])cc2)c(C)c1. The van der Waals surface area contributed by atoms with Gasteiger partial charge in [0.2, 0.25) is 5.91 Å². The summed E-state index contributed by atoms with van der Waals surface area (Å²) < 4.78 is 0. The summed E-state index contributed by atoms with van der Waals surface area (Å²) in [5, 5.41) is 16.5. The van der Waals surface area contributed by atoms with Crippen molar-refractivity contribution < 1.29 is 9.72 Å². The number of nitrogens with zero attached hydrogens (tertiary/aromatic N) is 1. The third-order valence-corrected chi connectivity index (χ3v) is 4.72. The first-order chi connectivity index (χ1) is 12.0. The van der Waals surface area contributed by atoms with Gasteiger partial charge in [-0.15, -0.1) is 11.8 Å². The van der Waals surface area contributed by atoms with Crippen LogP contribution in [-0.2, 0) is 4.79 Å². The largest absolute Gasteiger partial charge is 0.383 e. The van der Waals surface area contributed by atoms with Crippen LogP contribution in [0.4, 0.5) is 11.4 Å². The molecular weight excluding hydrogens is 338 g/mol. The van der Waals surface area contributed by atoms with Gasteiger partial charge in [0.15, 0.2) is 0 Å². The topological polar surface area (TPSA) is 84.3 Å². The minimum Gasteiger partial charge on any atom is -0.383 e. The molecule has 0 spiro atoms. The molecule has 0 saturated carbocycles. The molecule has 7 heteroatoms. The summed E-state index contributed by atoms with van der Waals surface area (Å²) in [6, 6.07) is 12.4. The van der Waals surface area contributed by atoms with Crippen LogP contribution in [0.3, 0.4) is 0 Å². The maximum atomic E-state index is 11.9. The molecule has 0 heterocycles. The van der Waals surface area contributed by atoms with Crippen LogP contribution >= 0.6 is 11.8 Å². The summed E-state index contributed by atoms with van der Waals surface area (Å²) >= 11 is 1.53. The van der Waals surface area contributed by atoms with Crippen LogP contribution in [0.25, 0.3) is 0 Å². The molecule has 0 fully saturated rings. The molecule has 2 rings (SSSR count). The Hall–Kier alpha value is -2.54. The van der Waals surface area contributed by atoms with Gasteiger partial charge in [-0.3, -0.25) is 14.9 Å². The lowest BCUT2D eigenvalue weighted by molar-refractivity contribution is -0.384. The van der Waals surface area contributed by atoms with Gasteiger partial charge in [0.25, 0.3) is 5.69 Å². The van der Waals surface area contributed by atoms with E-state index in [1.807, 2.05) is 26.0 Å². The molecule has 25 heavy (non-hydrogen) atoms. The van der Waals surface area contributed by atoms with E-state index in [0.717, 1.165) is 10.6 Å². The lowest BCUT2D eigenvalue weighted by Gasteiger charge is -2.09. The number of hydrogen-bond donors (Lipinski definition) is 2. The highest BCUT2D eigenvalue weighted by Crippen LogP contribution is 2.22. The molecule has 0 aliphatic rings. The highest BCUT2D eigenvalue weighted by molar-refractivity contribution is 8.00. The van der Waals surface area contributed by atoms with E-state index >= 15 is 0 Å². The first kappa shape index (κ1) is 18.8. The molecule has 0 bridgehead atoms. The fourth-order valence-corrected chi connectivity index (χ4v) is 3.10. The predicted molar refractivity (Wildman–Crippen MR) is 101 cm³/mol. The molecule has 0 aliphatic heterocycles. The summed E-state index contributed by atoms with van der Waals surface area (Å²) in [4.78, 5) is 23.2. The molecule has 2 aromatic rings. The van der Waals surface area contributed by atoms with Gasteiger partial charge in [-0.05, 0) is 37.6 Å². The Morgan fingerprint density at radius 2 is 1.84 bits per heavy atom. The standard InChI is InChI=1S/C18H21N3O3S/c1-13-3-8-17(14(2)11-13)25-12-18(22)20-10-9-19-15-4-6-16(7-5-15)21(23)24/h3-8,11,19H,9-10,12H2,1-2H3,(H,20,22). The highest BCUT2D eigenvalue weighted by Gasteiger charge is 2.06. The number of non-ortho nitro benzene ring substituents is 1. The fourth-order valence-electron chi connectivity index (χ4n) is 2.27. The zero-order valence-electron chi connectivity index (χ0n) is 14.2. The summed E-state index contributed by atoms with van der Waals surface area (Å²) in [5.41, 5.74) is 3.23. The van der Waals surface area contributed by atoms with Gasteiger partial charge in [0, 0.05) is 35.8 Å². The number of rotatable bonds is 8. The zero-order valence-corrected chi connectivity index (χ0v) is 15.1. The Morgan fingerprint density at radius 1 is 1.12 bits per heavy atom. The van der Waals surface area contributed by atoms with E-state index in [9.17, 15) is 14.9 Å². The summed E-state index contributed by atoms with van der Waals surface area (Å²) in [7, 11) is 0. The van der Waals surface area contributed by atoms with Crippen LogP contribution < -0.4 is 10.6 Å². The van der Waals surface area contributed by atoms with E-state index < -0.39 is 4.92 Å². The number of carbonyl (C=O) groups excluding carboxylic acids is 1. The molecular formula is C18H21N3O3S. The predicted octanol–water partition coefficient (Wildman–Crippen LogP) is 3.53. The molecule has 0 radical (unpaired) electrons. The summed E-state index contributed by atoms with van der Waals surface area (Å²) in [6.45, 7) is 5.13. The zero-order chi connectivity index (χ0) is 18.2. The molecule has 0 unspecified atom stereocenters. The molecule has 132 valence electrons. The van der Waals surface area contributed by atoms with Crippen molar-refractivity contribution >= 4 is 29.0 Å². The molecule has 0 aliphatic carbocycles. The number of thioether (sulfide) groups is 1. The number of nitro benzene ring substituents is 1. The number of anilines is 1. The quantitative estimate of drug-likeness (QED) is 0.326. The Balaban J connectivity index is 1.67. The number of nitrogens with one attached hydrogen (secondary N) is 2. The molecule has 2 N–H and O–H groups in total. The van der Waals surface area contributed by atoms with Crippen LogP contribution in [0.2, 0.25) is 0 Å². The molecule has 2 aromatic carbocycles. The maximum absolute atomic E-state index is 11.9. The first-order valence-electron chi connectivity index (χ1n) is 7.91. The smallest absolute Gasteiger partial charge is 0.269 e. The number of hydrogen-bond acceptors (Lipinski definition) is 5. The van der Waals surface area contributed by atoms with Crippen molar-refractivity contribution in [2.45, 2.75) is 18.7 Å². The van der Waals surface area contributed by atoms with Gasteiger partial charge in [-0.1, -0.05) is 17.7 Å². The van der Waals surface area contributed by atoms with Crippen LogP contribution in [0.1, 0.15) is 11.1 Å². The van der Waals surface area contributed by atoms with Gasteiger partial charge in [0.05, 0.1) is 10.7 Å². The monoisotopic (exact) mass is 359 g/mol. The van der Waals surface area contributed by atoms with Crippen LogP contribution in [0.15, 0.2) is 47.4 Å². The van der Waals surface area contributed by atoms with Crippen LogP contribution in [0.5, 0.6) is 0 Å². The average Bonchev–Trinajstić information content (AvgIpc) is 2.58. The van der Waals surface area contributed by atoms with E-state index in [0.29, 0.717) is 18.8 Å². The second-order valence-electron chi connectivity index (χ2n) is 5.64. The van der Waals surface area contributed by atoms with Crippen molar-refractivity contribution in [1.82, 2.24) is 5.32 Å². The van der Waals surface area contributed by atoms with Crippen LogP contribution in [-0.4, -0.2) is 29.7 Å². The number of aryl methyl sites for hydroxylation is 2. The van der Waals surface area contributed by atoms with Gasteiger partial charge in [-0.2, -0.15) is 0 Å². The van der Waals surface area contributed by atoms with E-state index in [1.165, 1.54) is 35.0 Å². The molecule has 6 nitrogen and oxygen atoms in total. The summed E-state index contributed by atoms with van der Waals surface area (Å²) in [6.07, 6.45) is 0. The second-order valence-corrected chi connectivity index (χ2v) is 6.66. The highest BCUT2D eigenvalue weighted by atomic mass is 32.2. The fraction of sp³-hybridized carbons (Fsp3) is 0.278. The number of amides is 1. The first-order valence-corrected chi connectivity index (χ1v) is 8.89. The van der Waals surface area contributed by atoms with E-state index in [-0.39, 0.29) is 11.6 Å². The number of carbonyl (C=O) groups is 1. The Morgan fingerprint density at radius 3 is 2.48 bits per heavy atom. The average molecular weight is 359 g/mol. The van der Waals surface area contributed by atoms with E-state index in [2.05, 4.69) is 16.7 Å². The Bertz CT molecular complexity index is 748. The molecule has 0 atom stereocenters. The van der Waals surface area contributed by atoms with Crippen molar-refractivity contribution in [3.05, 3.63) is 63.7 Å². The van der Waals surface area contributed by atoms with Crippen molar-refractivity contribution in [2.24, 2.45) is 0 Å². The third-order valence-electron chi connectivity index (χ3n) is 3.54. The molecule has 0 aromatic heterocycles. The molecule has 1 amide bonds.